The molecule has 112 valence electrons. The molecular formula is C11H17N3O5S. The Hall–Kier alpha value is -1.45. The van der Waals surface area contributed by atoms with Crippen LogP contribution in [-0.4, -0.2) is 49.9 Å². The Morgan fingerprint density at radius 1 is 1.65 bits per heavy atom. The fraction of sp³-hybridized carbons (Fsp3) is 0.636. The molecule has 1 atom stereocenters. The van der Waals surface area contributed by atoms with Crippen molar-refractivity contribution in [3.8, 4) is 0 Å². The summed E-state index contributed by atoms with van der Waals surface area (Å²) in [5, 5.41) is 5.66. The van der Waals surface area contributed by atoms with E-state index in [9.17, 15) is 13.2 Å². The Labute approximate surface area is 116 Å². The Morgan fingerprint density at radius 3 is 3.00 bits per heavy atom. The first-order chi connectivity index (χ1) is 9.38. The van der Waals surface area contributed by atoms with Crippen molar-refractivity contribution in [2.75, 3.05) is 19.8 Å². The lowest BCUT2D eigenvalue weighted by atomic mass is 10.0. The van der Waals surface area contributed by atoms with Gasteiger partial charge in [0, 0.05) is 6.61 Å². The van der Waals surface area contributed by atoms with Gasteiger partial charge in [-0.2, -0.15) is 5.10 Å². The molecule has 1 aliphatic heterocycles. The number of nitrogens with zero attached hydrogens (tertiary/aromatic N) is 1. The molecule has 0 aromatic carbocycles. The van der Waals surface area contributed by atoms with Crippen LogP contribution in [0.15, 0.2) is 11.2 Å². The molecule has 1 unspecified atom stereocenters. The second-order valence-electron chi connectivity index (χ2n) is 4.80. The van der Waals surface area contributed by atoms with Crippen molar-refractivity contribution in [2.45, 2.75) is 30.8 Å². The van der Waals surface area contributed by atoms with E-state index < -0.39 is 21.5 Å². The first kappa shape index (κ1) is 14.9. The average molecular weight is 303 g/mol. The van der Waals surface area contributed by atoms with Gasteiger partial charge in [-0.3, -0.25) is 5.10 Å². The first-order valence-electron chi connectivity index (χ1n) is 6.20. The molecule has 1 saturated heterocycles. The Morgan fingerprint density at radius 2 is 2.40 bits per heavy atom. The summed E-state index contributed by atoms with van der Waals surface area (Å²) in [6.45, 7) is 4.32. The van der Waals surface area contributed by atoms with Crippen LogP contribution in [0.1, 0.15) is 30.6 Å². The standard InChI is InChI=1S/C11H17N3O5S/c1-3-19-10(15)8-6-12-13-9(8)20(16,17)14-11(2)4-5-18-7-11/h6,14H,3-5,7H2,1-2H3,(H,12,13). The van der Waals surface area contributed by atoms with Crippen LogP contribution in [0.2, 0.25) is 0 Å². The predicted octanol–water partition coefficient (Wildman–Crippen LogP) is 0.0437. The molecular weight excluding hydrogens is 286 g/mol. The molecule has 0 saturated carbocycles. The number of carbonyl (C=O) groups is 1. The van der Waals surface area contributed by atoms with E-state index in [1.807, 2.05) is 0 Å². The van der Waals surface area contributed by atoms with E-state index in [2.05, 4.69) is 14.9 Å². The van der Waals surface area contributed by atoms with Crippen LogP contribution in [0.3, 0.4) is 0 Å². The molecule has 0 bridgehead atoms. The van der Waals surface area contributed by atoms with E-state index in [0.29, 0.717) is 13.0 Å². The van der Waals surface area contributed by atoms with Crippen LogP contribution in [0.5, 0.6) is 0 Å². The van der Waals surface area contributed by atoms with E-state index in [1.165, 1.54) is 0 Å². The van der Waals surface area contributed by atoms with Gasteiger partial charge in [-0.25, -0.2) is 17.9 Å². The molecule has 0 amide bonds. The highest BCUT2D eigenvalue weighted by molar-refractivity contribution is 7.89. The van der Waals surface area contributed by atoms with Crippen molar-refractivity contribution in [3.63, 3.8) is 0 Å². The number of sulfonamides is 1. The SMILES string of the molecule is CCOC(=O)c1cn[nH]c1S(=O)(=O)NC1(C)CCOC1. The lowest BCUT2D eigenvalue weighted by molar-refractivity contribution is 0.0521. The normalized spacial score (nSPS) is 22.9. The molecule has 1 aromatic heterocycles. The Bertz CT molecular complexity index is 589. The number of nitrogens with one attached hydrogen (secondary N) is 2. The topological polar surface area (TPSA) is 110 Å². The predicted molar refractivity (Wildman–Crippen MR) is 68.7 cm³/mol. The third-order valence-electron chi connectivity index (χ3n) is 2.97. The fourth-order valence-electron chi connectivity index (χ4n) is 1.96. The molecule has 9 heteroatoms. The molecule has 2 heterocycles. The van der Waals surface area contributed by atoms with Crippen molar-refractivity contribution >= 4 is 16.0 Å². The highest BCUT2D eigenvalue weighted by atomic mass is 32.2. The third-order valence-corrected chi connectivity index (χ3v) is 4.58. The van der Waals surface area contributed by atoms with Gasteiger partial charge < -0.3 is 9.47 Å². The van der Waals surface area contributed by atoms with Crippen LogP contribution >= 0.6 is 0 Å². The summed E-state index contributed by atoms with van der Waals surface area (Å²) in [5.74, 6) is -0.727. The number of H-pyrrole nitrogens is 1. The molecule has 0 aliphatic carbocycles. The van der Waals surface area contributed by atoms with Gasteiger partial charge in [0.1, 0.15) is 5.56 Å². The summed E-state index contributed by atoms with van der Waals surface area (Å²) in [5.41, 5.74) is -0.794. The van der Waals surface area contributed by atoms with Crippen LogP contribution in [0.4, 0.5) is 0 Å². The van der Waals surface area contributed by atoms with Gasteiger partial charge in [-0.1, -0.05) is 0 Å². The summed E-state index contributed by atoms with van der Waals surface area (Å²) in [6, 6.07) is 0. The van der Waals surface area contributed by atoms with E-state index in [0.717, 1.165) is 6.20 Å². The maximum atomic E-state index is 12.3. The van der Waals surface area contributed by atoms with Gasteiger partial charge in [0.05, 0.1) is 24.9 Å². The summed E-state index contributed by atoms with van der Waals surface area (Å²) >= 11 is 0. The molecule has 0 radical (unpaired) electrons. The first-order valence-corrected chi connectivity index (χ1v) is 7.68. The van der Waals surface area contributed by atoms with Gasteiger partial charge in [0.15, 0.2) is 5.03 Å². The number of aromatic nitrogens is 2. The summed E-state index contributed by atoms with van der Waals surface area (Å²) in [7, 11) is -3.90. The van der Waals surface area contributed by atoms with Crippen LogP contribution in [0, 0.1) is 0 Å². The molecule has 1 aliphatic rings. The van der Waals surface area contributed by atoms with Crippen molar-refractivity contribution < 1.29 is 22.7 Å². The van der Waals surface area contributed by atoms with Gasteiger partial charge in [-0.15, -0.1) is 0 Å². The van der Waals surface area contributed by atoms with Gasteiger partial charge >= 0.3 is 5.97 Å². The summed E-state index contributed by atoms with van der Waals surface area (Å²) in [4.78, 5) is 11.7. The monoisotopic (exact) mass is 303 g/mol. The van der Waals surface area contributed by atoms with Crippen LogP contribution < -0.4 is 4.72 Å². The molecule has 1 aromatic rings. The largest absolute Gasteiger partial charge is 0.462 e. The van der Waals surface area contributed by atoms with Gasteiger partial charge in [-0.05, 0) is 20.3 Å². The average Bonchev–Trinajstić information content (AvgIpc) is 2.97. The number of aromatic amines is 1. The maximum Gasteiger partial charge on any atom is 0.342 e. The number of hydrogen-bond acceptors (Lipinski definition) is 6. The number of esters is 1. The minimum Gasteiger partial charge on any atom is -0.462 e. The van der Waals surface area contributed by atoms with E-state index >= 15 is 0 Å². The van der Waals surface area contributed by atoms with E-state index in [-0.39, 0.29) is 23.8 Å². The van der Waals surface area contributed by atoms with Crippen LogP contribution in [-0.2, 0) is 19.5 Å². The smallest absolute Gasteiger partial charge is 0.342 e. The second kappa shape index (κ2) is 5.51. The minimum absolute atomic E-state index is 0.109. The van der Waals surface area contributed by atoms with Crippen molar-refractivity contribution in [1.29, 1.82) is 0 Å². The number of ether oxygens (including phenoxy) is 2. The van der Waals surface area contributed by atoms with E-state index in [1.54, 1.807) is 13.8 Å². The van der Waals surface area contributed by atoms with E-state index in [4.69, 9.17) is 9.47 Å². The van der Waals surface area contributed by atoms with Gasteiger partial charge in [0.25, 0.3) is 10.0 Å². The maximum absolute atomic E-state index is 12.3. The molecule has 20 heavy (non-hydrogen) atoms. The Balaban J connectivity index is 2.26. The quantitative estimate of drug-likeness (QED) is 0.743. The zero-order valence-electron chi connectivity index (χ0n) is 11.3. The van der Waals surface area contributed by atoms with Crippen molar-refractivity contribution in [2.24, 2.45) is 0 Å². The molecule has 2 rings (SSSR count). The highest BCUT2D eigenvalue weighted by Crippen LogP contribution is 2.22. The van der Waals surface area contributed by atoms with Crippen molar-refractivity contribution in [3.05, 3.63) is 11.8 Å². The number of carbonyl (C=O) groups excluding carboxylic acids is 1. The van der Waals surface area contributed by atoms with Crippen LogP contribution in [0.25, 0.3) is 0 Å². The molecule has 1 fully saturated rings. The Kier molecular flexibility index (Phi) is 4.11. The lowest BCUT2D eigenvalue weighted by Gasteiger charge is -2.22. The zero-order chi connectivity index (χ0) is 14.8. The summed E-state index contributed by atoms with van der Waals surface area (Å²) < 4.78 is 37.2. The zero-order valence-corrected chi connectivity index (χ0v) is 12.1. The minimum atomic E-state index is -3.90. The third kappa shape index (κ3) is 3.00. The molecule has 2 N–H and O–H groups in total. The highest BCUT2D eigenvalue weighted by Gasteiger charge is 2.37. The fourth-order valence-corrected chi connectivity index (χ4v) is 3.47. The molecule has 0 spiro atoms. The lowest BCUT2D eigenvalue weighted by Crippen LogP contribution is -2.46. The summed E-state index contributed by atoms with van der Waals surface area (Å²) in [6.07, 6.45) is 1.70. The second-order valence-corrected chi connectivity index (χ2v) is 6.42. The number of rotatable bonds is 5. The molecule has 8 nitrogen and oxygen atoms in total. The van der Waals surface area contributed by atoms with Crippen molar-refractivity contribution in [1.82, 2.24) is 14.9 Å². The van der Waals surface area contributed by atoms with Gasteiger partial charge in [0.2, 0.25) is 0 Å². The number of hydrogen-bond donors (Lipinski definition) is 2.